The van der Waals surface area contributed by atoms with Crippen LogP contribution < -0.4 is 0 Å². The van der Waals surface area contributed by atoms with Crippen LogP contribution in [0.25, 0.3) is 0 Å². The van der Waals surface area contributed by atoms with E-state index in [2.05, 4.69) is 4.98 Å². The van der Waals surface area contributed by atoms with Crippen molar-refractivity contribution in [1.82, 2.24) is 19.7 Å². The molecule has 2 aliphatic heterocycles. The van der Waals surface area contributed by atoms with Crippen LogP contribution in [0.15, 0.2) is 48.8 Å². The van der Waals surface area contributed by atoms with Crippen molar-refractivity contribution in [3.05, 3.63) is 65.7 Å². The molecule has 1 aromatic carbocycles. The minimum Gasteiger partial charge on any atom is -0.338 e. The summed E-state index contributed by atoms with van der Waals surface area (Å²) in [6, 6.07) is 9.27. The van der Waals surface area contributed by atoms with Crippen molar-refractivity contribution in [3.8, 4) is 0 Å². The number of nitrogens with zero attached hydrogens (tertiary/aromatic N) is 4. The molecule has 1 aromatic heterocycles. The van der Waals surface area contributed by atoms with Crippen molar-refractivity contribution in [2.45, 2.75) is 25.4 Å². The van der Waals surface area contributed by atoms with E-state index < -0.39 is 11.8 Å². The molecular formula is C22H23FN4O3. The predicted molar refractivity (Wildman–Crippen MR) is 107 cm³/mol. The lowest BCUT2D eigenvalue weighted by Gasteiger charge is -2.42. The molecule has 0 radical (unpaired) electrons. The Bertz CT molecular complexity index is 927. The number of benzene rings is 1. The average Bonchev–Trinajstić information content (AvgIpc) is 2.79. The first-order valence-corrected chi connectivity index (χ1v) is 10.1. The Morgan fingerprint density at radius 1 is 0.933 bits per heavy atom. The number of likely N-dealkylation sites (tertiary alicyclic amines) is 1. The molecule has 0 saturated carbocycles. The SMILES string of the molecule is O=C1C(=O)N(C2CCN(C(=O)c3ccncc3)CC2)CCN1Cc1ccc(F)cc1. The number of piperazine rings is 1. The Morgan fingerprint density at radius 3 is 2.27 bits per heavy atom. The highest BCUT2D eigenvalue weighted by Gasteiger charge is 2.38. The van der Waals surface area contributed by atoms with Gasteiger partial charge in [-0.15, -0.1) is 0 Å². The van der Waals surface area contributed by atoms with Crippen LogP contribution >= 0.6 is 0 Å². The number of amides is 3. The fraction of sp³-hybridized carbons (Fsp3) is 0.364. The van der Waals surface area contributed by atoms with Crippen LogP contribution in [0, 0.1) is 5.82 Å². The molecule has 2 saturated heterocycles. The quantitative estimate of drug-likeness (QED) is 0.719. The lowest BCUT2D eigenvalue weighted by Crippen LogP contribution is -2.59. The molecule has 0 unspecified atom stereocenters. The zero-order chi connectivity index (χ0) is 21.1. The van der Waals surface area contributed by atoms with Gasteiger partial charge in [-0.05, 0) is 42.7 Å². The third-order valence-corrected chi connectivity index (χ3v) is 5.75. The van der Waals surface area contributed by atoms with Crippen molar-refractivity contribution in [2.24, 2.45) is 0 Å². The first-order valence-electron chi connectivity index (χ1n) is 10.1. The number of carbonyl (C=O) groups excluding carboxylic acids is 3. The van der Waals surface area contributed by atoms with Crippen molar-refractivity contribution in [3.63, 3.8) is 0 Å². The minimum atomic E-state index is -0.527. The summed E-state index contributed by atoms with van der Waals surface area (Å²) in [5.41, 5.74) is 1.39. The van der Waals surface area contributed by atoms with Crippen LogP contribution in [0.3, 0.4) is 0 Å². The molecule has 2 aliphatic rings. The number of rotatable bonds is 4. The van der Waals surface area contributed by atoms with Gasteiger partial charge in [-0.2, -0.15) is 0 Å². The molecule has 156 valence electrons. The Hall–Kier alpha value is -3.29. The smallest absolute Gasteiger partial charge is 0.312 e. The van der Waals surface area contributed by atoms with Crippen LogP contribution in [-0.4, -0.2) is 69.6 Å². The van der Waals surface area contributed by atoms with Crippen LogP contribution in [0.5, 0.6) is 0 Å². The summed E-state index contributed by atoms with van der Waals surface area (Å²) in [7, 11) is 0. The fourth-order valence-corrected chi connectivity index (χ4v) is 4.06. The third-order valence-electron chi connectivity index (χ3n) is 5.75. The van der Waals surface area contributed by atoms with E-state index in [1.54, 1.807) is 46.5 Å². The van der Waals surface area contributed by atoms with E-state index in [1.165, 1.54) is 17.0 Å². The van der Waals surface area contributed by atoms with Gasteiger partial charge < -0.3 is 14.7 Å². The lowest BCUT2D eigenvalue weighted by atomic mass is 10.0. The van der Waals surface area contributed by atoms with E-state index in [0.29, 0.717) is 44.6 Å². The Balaban J connectivity index is 1.33. The number of hydrogen-bond donors (Lipinski definition) is 0. The molecule has 30 heavy (non-hydrogen) atoms. The number of piperidine rings is 1. The first-order chi connectivity index (χ1) is 14.5. The summed E-state index contributed by atoms with van der Waals surface area (Å²) in [6.07, 6.45) is 4.48. The molecular weight excluding hydrogens is 387 g/mol. The van der Waals surface area contributed by atoms with E-state index in [-0.39, 0.29) is 24.3 Å². The highest BCUT2D eigenvalue weighted by Crippen LogP contribution is 2.21. The molecule has 3 heterocycles. The van der Waals surface area contributed by atoms with Gasteiger partial charge in [0.05, 0.1) is 0 Å². The second-order valence-corrected chi connectivity index (χ2v) is 7.61. The second-order valence-electron chi connectivity index (χ2n) is 7.61. The van der Waals surface area contributed by atoms with E-state index in [0.717, 1.165) is 5.56 Å². The van der Waals surface area contributed by atoms with Crippen LogP contribution in [-0.2, 0) is 16.1 Å². The predicted octanol–water partition coefficient (Wildman–Crippen LogP) is 1.70. The molecule has 3 amide bonds. The molecule has 8 heteroatoms. The number of pyridine rings is 1. The summed E-state index contributed by atoms with van der Waals surface area (Å²) >= 11 is 0. The van der Waals surface area contributed by atoms with E-state index in [1.807, 2.05) is 0 Å². The summed E-state index contributed by atoms with van der Waals surface area (Å²) in [5, 5.41) is 0. The monoisotopic (exact) mass is 410 g/mol. The maximum Gasteiger partial charge on any atom is 0.312 e. The third kappa shape index (κ3) is 4.17. The van der Waals surface area contributed by atoms with Gasteiger partial charge in [0.2, 0.25) is 0 Å². The maximum atomic E-state index is 13.1. The van der Waals surface area contributed by atoms with E-state index in [4.69, 9.17) is 0 Å². The Morgan fingerprint density at radius 2 is 1.60 bits per heavy atom. The maximum absolute atomic E-state index is 13.1. The van der Waals surface area contributed by atoms with Crippen molar-refractivity contribution in [2.75, 3.05) is 26.2 Å². The summed E-state index contributed by atoms with van der Waals surface area (Å²) in [5.74, 6) is -1.40. The van der Waals surface area contributed by atoms with Crippen molar-refractivity contribution in [1.29, 1.82) is 0 Å². The number of carbonyl (C=O) groups is 3. The van der Waals surface area contributed by atoms with Gasteiger partial charge in [0.25, 0.3) is 5.91 Å². The lowest BCUT2D eigenvalue weighted by molar-refractivity contribution is -0.158. The molecule has 4 rings (SSSR count). The number of hydrogen-bond acceptors (Lipinski definition) is 4. The van der Waals surface area contributed by atoms with Gasteiger partial charge in [0.1, 0.15) is 5.82 Å². The standard InChI is InChI=1S/C22H23FN4O3/c23-18-3-1-16(2-4-18)15-26-13-14-27(22(30)21(26)29)19-7-11-25(12-8-19)20(28)17-5-9-24-10-6-17/h1-6,9-10,19H,7-8,11-15H2. The van der Waals surface area contributed by atoms with Crippen molar-refractivity contribution < 1.29 is 18.8 Å². The van der Waals surface area contributed by atoms with Crippen LogP contribution in [0.4, 0.5) is 4.39 Å². The summed E-state index contributed by atoms with van der Waals surface area (Å²) < 4.78 is 13.1. The molecule has 0 atom stereocenters. The molecule has 0 N–H and O–H groups in total. The summed E-state index contributed by atoms with van der Waals surface area (Å²) in [6.45, 7) is 2.29. The van der Waals surface area contributed by atoms with Gasteiger partial charge in [-0.25, -0.2) is 4.39 Å². The van der Waals surface area contributed by atoms with E-state index >= 15 is 0 Å². The van der Waals surface area contributed by atoms with Gasteiger partial charge in [-0.3, -0.25) is 19.4 Å². The van der Waals surface area contributed by atoms with Gasteiger partial charge in [0.15, 0.2) is 0 Å². The van der Waals surface area contributed by atoms with Crippen LogP contribution in [0.1, 0.15) is 28.8 Å². The van der Waals surface area contributed by atoms with E-state index in [9.17, 15) is 18.8 Å². The number of halogens is 1. The Labute approximate surface area is 174 Å². The molecule has 0 spiro atoms. The normalized spacial score (nSPS) is 18.1. The Kier molecular flexibility index (Phi) is 5.74. The number of aromatic nitrogens is 1. The van der Waals surface area contributed by atoms with Gasteiger partial charge in [0, 0.05) is 56.7 Å². The highest BCUT2D eigenvalue weighted by molar-refractivity contribution is 6.35. The first kappa shape index (κ1) is 20.0. The topological polar surface area (TPSA) is 73.8 Å². The average molecular weight is 410 g/mol. The highest BCUT2D eigenvalue weighted by atomic mass is 19.1. The van der Waals surface area contributed by atoms with Gasteiger partial charge >= 0.3 is 11.8 Å². The molecule has 0 aliphatic carbocycles. The zero-order valence-corrected chi connectivity index (χ0v) is 16.5. The molecule has 7 nitrogen and oxygen atoms in total. The molecule has 0 bridgehead atoms. The van der Waals surface area contributed by atoms with Gasteiger partial charge in [-0.1, -0.05) is 12.1 Å². The zero-order valence-electron chi connectivity index (χ0n) is 16.5. The molecule has 2 fully saturated rings. The summed E-state index contributed by atoms with van der Waals surface area (Å²) in [4.78, 5) is 46.7. The van der Waals surface area contributed by atoms with Crippen molar-refractivity contribution >= 4 is 17.7 Å². The minimum absolute atomic E-state index is 0.0395. The fourth-order valence-electron chi connectivity index (χ4n) is 4.06. The largest absolute Gasteiger partial charge is 0.338 e. The van der Waals surface area contributed by atoms with Crippen LogP contribution in [0.2, 0.25) is 0 Å². The second kappa shape index (κ2) is 8.61. The molecule has 2 aromatic rings.